The molecule has 0 fully saturated rings. The zero-order chi connectivity index (χ0) is 23.0. The third kappa shape index (κ3) is 7.50. The Balaban J connectivity index is 2.17. The molecule has 0 aliphatic rings. The van der Waals surface area contributed by atoms with Gasteiger partial charge in [0.25, 0.3) is 0 Å². The fourth-order valence-corrected chi connectivity index (χ4v) is 2.94. The second-order valence-electron chi connectivity index (χ2n) is 6.99. The van der Waals surface area contributed by atoms with Gasteiger partial charge in [0, 0.05) is 18.6 Å². The number of nitrogens with two attached hydrogens (primary N) is 1. The van der Waals surface area contributed by atoms with Crippen molar-refractivity contribution in [1.82, 2.24) is 10.6 Å². The summed E-state index contributed by atoms with van der Waals surface area (Å²) in [7, 11) is 0. The second-order valence-corrected chi connectivity index (χ2v) is 7.36. The molecule has 2 rings (SSSR count). The summed E-state index contributed by atoms with van der Waals surface area (Å²) in [5, 5.41) is 33.3. The Morgan fingerprint density at radius 2 is 1.23 bits per heavy atom. The molecule has 0 heterocycles. The van der Waals surface area contributed by atoms with E-state index in [9.17, 15) is 29.7 Å². The molecular weight excluding hydrogens is 422 g/mol. The number of carbonyl (C=O) groups is 3. The first kappa shape index (κ1) is 24.0. The number of carboxylic acid groups (broad SMARTS) is 1. The van der Waals surface area contributed by atoms with Gasteiger partial charge >= 0.3 is 5.97 Å². The van der Waals surface area contributed by atoms with Crippen LogP contribution in [0, 0.1) is 0 Å². The van der Waals surface area contributed by atoms with Crippen molar-refractivity contribution in [3.63, 3.8) is 0 Å². The van der Waals surface area contributed by atoms with E-state index in [0.717, 1.165) is 0 Å². The standard InChI is InChI=1S/C21H25N3O6S/c22-16(11-31)19(27)23-17(9-12-1-5-14(25)6-2-12)20(28)24-18(21(29)30)10-13-3-7-15(26)8-4-13/h1-8,16-18,25-26,31H,9-11,22H2,(H,23,27)(H,24,28)(H,29,30)/t16-,17-,18-/m0/s1. The van der Waals surface area contributed by atoms with Gasteiger partial charge in [0.05, 0.1) is 6.04 Å². The van der Waals surface area contributed by atoms with E-state index in [4.69, 9.17) is 5.73 Å². The van der Waals surface area contributed by atoms with Gasteiger partial charge in [-0.3, -0.25) is 9.59 Å². The summed E-state index contributed by atoms with van der Waals surface area (Å²) in [6.07, 6.45) is 0.0417. The van der Waals surface area contributed by atoms with Crippen molar-refractivity contribution in [2.24, 2.45) is 5.73 Å². The Morgan fingerprint density at radius 1 is 0.806 bits per heavy atom. The van der Waals surface area contributed by atoms with Crippen LogP contribution in [0.3, 0.4) is 0 Å². The Labute approximate surface area is 184 Å². The Hall–Kier alpha value is -3.24. The predicted molar refractivity (Wildman–Crippen MR) is 117 cm³/mol. The summed E-state index contributed by atoms with van der Waals surface area (Å²) in [5.74, 6) is -2.39. The summed E-state index contributed by atoms with van der Waals surface area (Å²) in [6, 6.07) is 8.72. The van der Waals surface area contributed by atoms with E-state index in [0.29, 0.717) is 11.1 Å². The van der Waals surface area contributed by atoms with Crippen LogP contribution in [0.5, 0.6) is 11.5 Å². The fraction of sp³-hybridized carbons (Fsp3) is 0.286. The lowest BCUT2D eigenvalue weighted by Gasteiger charge is -2.23. The van der Waals surface area contributed by atoms with E-state index in [1.807, 2.05) is 0 Å². The monoisotopic (exact) mass is 447 g/mol. The molecule has 0 bridgehead atoms. The molecule has 0 aliphatic carbocycles. The minimum absolute atomic E-state index is 0.0165. The summed E-state index contributed by atoms with van der Waals surface area (Å²) < 4.78 is 0. The first-order chi connectivity index (χ1) is 14.7. The van der Waals surface area contributed by atoms with Crippen LogP contribution >= 0.6 is 12.6 Å². The highest BCUT2D eigenvalue weighted by Crippen LogP contribution is 2.13. The summed E-state index contributed by atoms with van der Waals surface area (Å²) in [6.45, 7) is 0. The molecule has 7 N–H and O–H groups in total. The lowest BCUT2D eigenvalue weighted by Crippen LogP contribution is -2.55. The molecule has 0 saturated carbocycles. The van der Waals surface area contributed by atoms with Crippen molar-refractivity contribution >= 4 is 30.4 Å². The molecule has 2 aromatic rings. The van der Waals surface area contributed by atoms with Crippen molar-refractivity contribution in [3.8, 4) is 11.5 Å². The maximum Gasteiger partial charge on any atom is 0.326 e. The molecule has 3 atom stereocenters. The second kappa shape index (κ2) is 11.2. The molecular formula is C21H25N3O6S. The average Bonchev–Trinajstić information content (AvgIpc) is 2.74. The molecule has 31 heavy (non-hydrogen) atoms. The SMILES string of the molecule is N[C@@H](CS)C(=O)N[C@@H](Cc1ccc(O)cc1)C(=O)N[C@@H](Cc1ccc(O)cc1)C(=O)O. The van der Waals surface area contributed by atoms with E-state index < -0.39 is 35.9 Å². The van der Waals surface area contributed by atoms with Gasteiger partial charge < -0.3 is 31.7 Å². The molecule has 2 amide bonds. The van der Waals surface area contributed by atoms with Crippen LogP contribution in [0.1, 0.15) is 11.1 Å². The number of benzene rings is 2. The minimum Gasteiger partial charge on any atom is -0.508 e. The van der Waals surface area contributed by atoms with Gasteiger partial charge in [0.15, 0.2) is 0 Å². The number of phenols is 2. The zero-order valence-electron chi connectivity index (χ0n) is 16.6. The number of rotatable bonds is 10. The van der Waals surface area contributed by atoms with Crippen LogP contribution in [0.25, 0.3) is 0 Å². The molecule has 0 aromatic heterocycles. The molecule has 0 unspecified atom stereocenters. The van der Waals surface area contributed by atoms with Crippen LogP contribution < -0.4 is 16.4 Å². The van der Waals surface area contributed by atoms with E-state index in [2.05, 4.69) is 23.3 Å². The number of phenolic OH excluding ortho intramolecular Hbond substituents is 2. The summed E-state index contributed by atoms with van der Waals surface area (Å²) in [5.41, 5.74) is 6.91. The number of aliphatic carboxylic acids is 1. The molecule has 0 spiro atoms. The lowest BCUT2D eigenvalue weighted by molar-refractivity contribution is -0.142. The van der Waals surface area contributed by atoms with Crippen LogP contribution in [0.15, 0.2) is 48.5 Å². The van der Waals surface area contributed by atoms with Crippen molar-refractivity contribution in [1.29, 1.82) is 0 Å². The van der Waals surface area contributed by atoms with Crippen molar-refractivity contribution in [2.45, 2.75) is 31.0 Å². The van der Waals surface area contributed by atoms with Gasteiger partial charge in [-0.05, 0) is 35.4 Å². The average molecular weight is 448 g/mol. The quantitative estimate of drug-likeness (QED) is 0.256. The van der Waals surface area contributed by atoms with Crippen molar-refractivity contribution in [2.75, 3.05) is 5.75 Å². The maximum absolute atomic E-state index is 12.9. The lowest BCUT2D eigenvalue weighted by atomic mass is 10.0. The first-order valence-corrected chi connectivity index (χ1v) is 10.1. The number of nitrogens with one attached hydrogen (secondary N) is 2. The topological polar surface area (TPSA) is 162 Å². The highest BCUT2D eigenvalue weighted by atomic mass is 32.1. The first-order valence-electron chi connectivity index (χ1n) is 9.45. The number of aromatic hydroxyl groups is 2. The summed E-state index contributed by atoms with van der Waals surface area (Å²) in [4.78, 5) is 36.8. The summed E-state index contributed by atoms with van der Waals surface area (Å²) >= 11 is 3.97. The molecule has 166 valence electrons. The third-order valence-electron chi connectivity index (χ3n) is 4.53. The molecule has 9 nitrogen and oxygen atoms in total. The van der Waals surface area contributed by atoms with Crippen LogP contribution in [-0.2, 0) is 27.2 Å². The van der Waals surface area contributed by atoms with Crippen molar-refractivity contribution in [3.05, 3.63) is 59.7 Å². The van der Waals surface area contributed by atoms with Gasteiger partial charge in [0.1, 0.15) is 23.6 Å². The number of hydrogen-bond acceptors (Lipinski definition) is 7. The van der Waals surface area contributed by atoms with E-state index >= 15 is 0 Å². The van der Waals surface area contributed by atoms with Crippen LogP contribution in [-0.4, -0.2) is 57.0 Å². The minimum atomic E-state index is -1.25. The molecule has 0 aliphatic heterocycles. The number of hydrogen-bond donors (Lipinski definition) is 7. The predicted octanol–water partition coefficient (Wildman–Crippen LogP) is 0.194. The van der Waals surface area contributed by atoms with Crippen LogP contribution in [0.4, 0.5) is 0 Å². The van der Waals surface area contributed by atoms with E-state index in [1.54, 1.807) is 24.3 Å². The number of thiol groups is 1. The molecule has 0 saturated heterocycles. The third-order valence-corrected chi connectivity index (χ3v) is 4.93. The Kier molecular flexibility index (Phi) is 8.71. The highest BCUT2D eigenvalue weighted by molar-refractivity contribution is 7.80. The maximum atomic E-state index is 12.9. The van der Waals surface area contributed by atoms with Gasteiger partial charge in [-0.25, -0.2) is 4.79 Å². The largest absolute Gasteiger partial charge is 0.508 e. The Morgan fingerprint density at radius 3 is 1.65 bits per heavy atom. The fourth-order valence-electron chi connectivity index (χ4n) is 2.78. The van der Waals surface area contributed by atoms with E-state index in [-0.39, 0.29) is 30.1 Å². The Bertz CT molecular complexity index is 904. The van der Waals surface area contributed by atoms with E-state index in [1.165, 1.54) is 24.3 Å². The van der Waals surface area contributed by atoms with Crippen molar-refractivity contribution < 1.29 is 29.7 Å². The highest BCUT2D eigenvalue weighted by Gasteiger charge is 2.28. The number of carbonyl (C=O) groups excluding carboxylic acids is 2. The van der Waals surface area contributed by atoms with Gasteiger partial charge in [-0.15, -0.1) is 0 Å². The van der Waals surface area contributed by atoms with Crippen LogP contribution in [0.2, 0.25) is 0 Å². The normalized spacial score (nSPS) is 13.6. The number of carboxylic acids is 1. The van der Waals surface area contributed by atoms with Gasteiger partial charge in [-0.2, -0.15) is 12.6 Å². The molecule has 0 radical (unpaired) electrons. The molecule has 10 heteroatoms. The van der Waals surface area contributed by atoms with Gasteiger partial charge in [0.2, 0.25) is 11.8 Å². The number of amides is 2. The molecule has 2 aromatic carbocycles. The smallest absolute Gasteiger partial charge is 0.326 e. The van der Waals surface area contributed by atoms with Gasteiger partial charge in [-0.1, -0.05) is 24.3 Å². The zero-order valence-corrected chi connectivity index (χ0v) is 17.5.